The van der Waals surface area contributed by atoms with Crippen molar-refractivity contribution in [2.45, 2.75) is 54.9 Å². The van der Waals surface area contributed by atoms with Gasteiger partial charge in [-0.25, -0.2) is 27.1 Å². The molecule has 53 heavy (non-hydrogen) atoms. The van der Waals surface area contributed by atoms with Crippen molar-refractivity contribution in [3.8, 4) is 11.5 Å². The van der Waals surface area contributed by atoms with Gasteiger partial charge < -0.3 is 25.0 Å². The summed E-state index contributed by atoms with van der Waals surface area (Å²) in [7, 11) is 1.68. The molecular formula is C36H39ClF4N6O5S. The number of aromatic nitrogens is 2. The number of carbonyl (C=O) groups is 1. The van der Waals surface area contributed by atoms with Crippen LogP contribution in [-0.2, 0) is 27.5 Å². The second-order valence-electron chi connectivity index (χ2n) is 12.8. The van der Waals surface area contributed by atoms with E-state index in [4.69, 9.17) is 21.1 Å². The van der Waals surface area contributed by atoms with Crippen LogP contribution in [0.15, 0.2) is 78.1 Å². The molecule has 1 aromatic heterocycles. The molecule has 5 rings (SSSR count). The van der Waals surface area contributed by atoms with Gasteiger partial charge in [-0.15, -0.1) is 0 Å². The van der Waals surface area contributed by atoms with E-state index in [0.717, 1.165) is 34.9 Å². The number of halogens is 5. The fourth-order valence-electron chi connectivity index (χ4n) is 6.33. The zero-order chi connectivity index (χ0) is 38.5. The van der Waals surface area contributed by atoms with Crippen molar-refractivity contribution in [1.82, 2.24) is 20.2 Å². The van der Waals surface area contributed by atoms with Crippen LogP contribution in [-0.4, -0.2) is 76.1 Å². The van der Waals surface area contributed by atoms with Crippen LogP contribution >= 0.6 is 11.6 Å². The first-order chi connectivity index (χ1) is 25.1. The topological polar surface area (TPSA) is 126 Å². The van der Waals surface area contributed by atoms with Gasteiger partial charge in [-0.05, 0) is 75.2 Å². The van der Waals surface area contributed by atoms with Crippen LogP contribution in [0.1, 0.15) is 41.9 Å². The third-order valence-electron chi connectivity index (χ3n) is 8.90. The molecular weight excluding hydrogens is 740 g/mol. The number of anilines is 2. The van der Waals surface area contributed by atoms with E-state index >= 15 is 4.39 Å². The molecule has 3 aromatic carbocycles. The Morgan fingerprint density at radius 3 is 2.45 bits per heavy atom. The summed E-state index contributed by atoms with van der Waals surface area (Å²) in [4.78, 5) is 21.8. The number of likely N-dealkylation sites (N-methyl/N-ethyl adjacent to an activating group) is 1. The fraction of sp³-hybridized carbons (Fsp3) is 0.361. The van der Waals surface area contributed by atoms with E-state index in [-0.39, 0.29) is 47.9 Å². The van der Waals surface area contributed by atoms with Crippen molar-refractivity contribution in [3.05, 3.63) is 101 Å². The first-order valence-corrected chi connectivity index (χ1v) is 18.3. The largest absolute Gasteiger partial charge is 0.497 e. The molecule has 1 amide bonds. The minimum Gasteiger partial charge on any atom is -0.497 e. The number of carbonyl (C=O) groups excluding carboxylic acids is 1. The van der Waals surface area contributed by atoms with Crippen molar-refractivity contribution in [2.24, 2.45) is 0 Å². The highest BCUT2D eigenvalue weighted by atomic mass is 35.5. The lowest BCUT2D eigenvalue weighted by Gasteiger charge is -2.38. The molecule has 2 N–H and O–H groups in total. The Morgan fingerprint density at radius 1 is 1.02 bits per heavy atom. The molecule has 11 nitrogen and oxygen atoms in total. The number of rotatable bonds is 13. The maximum atomic E-state index is 16.1. The Kier molecular flexibility index (Phi) is 12.4. The van der Waals surface area contributed by atoms with E-state index in [9.17, 15) is 26.4 Å². The van der Waals surface area contributed by atoms with E-state index < -0.39 is 44.6 Å². The average molecular weight is 779 g/mol. The lowest BCUT2D eigenvalue weighted by Crippen LogP contribution is -2.51. The van der Waals surface area contributed by atoms with Gasteiger partial charge in [0.25, 0.3) is 10.0 Å². The molecule has 17 heteroatoms. The van der Waals surface area contributed by atoms with Gasteiger partial charge >= 0.3 is 6.18 Å². The molecule has 1 saturated carbocycles. The third-order valence-corrected chi connectivity index (χ3v) is 11.0. The Labute approximate surface area is 310 Å². The maximum absolute atomic E-state index is 16.1. The number of hydrogen-bond acceptors (Lipinski definition) is 9. The van der Waals surface area contributed by atoms with Crippen LogP contribution < -0.4 is 24.4 Å². The van der Waals surface area contributed by atoms with Crippen LogP contribution in [0.2, 0.25) is 5.02 Å². The molecule has 0 radical (unpaired) electrons. The lowest BCUT2D eigenvalue weighted by atomic mass is 9.78. The van der Waals surface area contributed by atoms with Crippen LogP contribution in [0.25, 0.3) is 0 Å². The second kappa shape index (κ2) is 16.6. The van der Waals surface area contributed by atoms with Gasteiger partial charge in [0.05, 0.1) is 43.6 Å². The zero-order valence-electron chi connectivity index (χ0n) is 29.3. The summed E-state index contributed by atoms with van der Waals surface area (Å²) in [5.41, 5.74) is 0.234. The average Bonchev–Trinajstić information content (AvgIpc) is 3.12. The first-order valence-electron chi connectivity index (χ1n) is 16.5. The normalized spacial score (nSPS) is 17.7. The number of ether oxygens (including phenoxy) is 2. The van der Waals surface area contributed by atoms with Crippen molar-refractivity contribution in [3.63, 3.8) is 0 Å². The van der Waals surface area contributed by atoms with E-state index in [0.29, 0.717) is 35.5 Å². The monoisotopic (exact) mass is 778 g/mol. The number of sulfonamides is 1. The Balaban J connectivity index is 1.44. The minimum absolute atomic E-state index is 0.0376. The molecule has 0 saturated heterocycles. The lowest BCUT2D eigenvalue weighted by molar-refractivity contribution is -0.137. The molecule has 0 spiro atoms. The highest BCUT2D eigenvalue weighted by Crippen LogP contribution is 2.39. The summed E-state index contributed by atoms with van der Waals surface area (Å²) in [6.45, 7) is -0.238. The SMILES string of the molecule is COc1ccc(CN(c2ccncn2)S(=O)(=O)c2cc(Cl)c(N[C@H]3CC[C@H](c4cccc(C(F)(F)F)c4)C[C@@H]3NC(=O)CN(C)C)cc2F)c(OC)c1. The number of alkyl halides is 3. The summed E-state index contributed by atoms with van der Waals surface area (Å²) >= 11 is 6.65. The van der Waals surface area contributed by atoms with Gasteiger partial charge in [-0.3, -0.25) is 4.79 Å². The molecule has 4 aromatic rings. The summed E-state index contributed by atoms with van der Waals surface area (Å²) in [6.07, 6.45) is -0.890. The van der Waals surface area contributed by atoms with Crippen LogP contribution in [0, 0.1) is 5.82 Å². The summed E-state index contributed by atoms with van der Waals surface area (Å²) < 4.78 is 96.6. The van der Waals surface area contributed by atoms with Gasteiger partial charge in [0.15, 0.2) is 0 Å². The molecule has 1 heterocycles. The number of nitrogens with zero attached hydrogens (tertiary/aromatic N) is 4. The maximum Gasteiger partial charge on any atom is 0.416 e. The van der Waals surface area contributed by atoms with E-state index in [1.54, 1.807) is 43.3 Å². The molecule has 1 aliphatic rings. The number of amides is 1. The molecule has 0 aliphatic heterocycles. The first kappa shape index (κ1) is 39.5. The van der Waals surface area contributed by atoms with Crippen LogP contribution in [0.3, 0.4) is 0 Å². The predicted octanol–water partition coefficient (Wildman–Crippen LogP) is 6.50. The number of methoxy groups -OCH3 is 2. The fourth-order valence-corrected chi connectivity index (χ4v) is 8.08. The molecule has 3 atom stereocenters. The van der Waals surface area contributed by atoms with E-state index in [1.165, 1.54) is 32.5 Å². The van der Waals surface area contributed by atoms with Gasteiger partial charge in [-0.1, -0.05) is 29.8 Å². The Bertz CT molecular complexity index is 2020. The molecule has 1 fully saturated rings. The van der Waals surface area contributed by atoms with Gasteiger partial charge in [-0.2, -0.15) is 13.2 Å². The van der Waals surface area contributed by atoms with Crippen molar-refractivity contribution in [1.29, 1.82) is 0 Å². The Morgan fingerprint density at radius 2 is 1.79 bits per heavy atom. The van der Waals surface area contributed by atoms with Crippen LogP contribution in [0.4, 0.5) is 29.1 Å². The molecule has 1 aliphatic carbocycles. The number of nitrogens with one attached hydrogen (secondary N) is 2. The molecule has 0 bridgehead atoms. The van der Waals surface area contributed by atoms with Gasteiger partial charge in [0, 0.05) is 36.0 Å². The minimum atomic E-state index is -4.66. The summed E-state index contributed by atoms with van der Waals surface area (Å²) in [5, 5.41) is 6.03. The van der Waals surface area contributed by atoms with Crippen molar-refractivity contribution >= 4 is 39.0 Å². The highest BCUT2D eigenvalue weighted by molar-refractivity contribution is 7.92. The number of hydrogen-bond donors (Lipinski definition) is 2. The van der Waals surface area contributed by atoms with E-state index in [1.807, 2.05) is 0 Å². The number of benzene rings is 3. The van der Waals surface area contributed by atoms with Crippen molar-refractivity contribution < 1.29 is 40.2 Å². The quantitative estimate of drug-likeness (QED) is 0.147. The van der Waals surface area contributed by atoms with Gasteiger partial charge in [0.1, 0.15) is 34.4 Å². The summed E-state index contributed by atoms with van der Waals surface area (Å²) in [5.74, 6) is -0.962. The second-order valence-corrected chi connectivity index (χ2v) is 15.1. The van der Waals surface area contributed by atoms with Gasteiger partial charge in [0.2, 0.25) is 5.91 Å². The standard InChI is InChI=1S/C36H39ClF4N6O5S/c1-46(2)20-35(48)45-31-15-23(22-6-5-7-25(14-22)36(39,40)41)9-11-29(31)44-30-18-28(38)33(17-27(30)37)53(49,50)47(34-12-13-42-21-43-34)19-24-8-10-26(51-3)16-32(24)52-4/h5-8,10,12-14,16-18,21,23,29,31,44H,9,11,15,19-20H2,1-4H3,(H,45,48)/t23-,29-,31-/m0/s1. The Hall–Kier alpha value is -4.67. The predicted molar refractivity (Wildman–Crippen MR) is 192 cm³/mol. The smallest absolute Gasteiger partial charge is 0.416 e. The third kappa shape index (κ3) is 9.47. The highest BCUT2D eigenvalue weighted by Gasteiger charge is 2.36. The zero-order valence-corrected chi connectivity index (χ0v) is 30.9. The summed E-state index contributed by atoms with van der Waals surface area (Å²) in [6, 6.07) is 12.2. The molecule has 0 unspecified atom stereocenters. The van der Waals surface area contributed by atoms with E-state index in [2.05, 4.69) is 20.6 Å². The van der Waals surface area contributed by atoms with Crippen molar-refractivity contribution in [2.75, 3.05) is 44.5 Å². The van der Waals surface area contributed by atoms with Crippen LogP contribution in [0.5, 0.6) is 11.5 Å². The molecule has 284 valence electrons.